The van der Waals surface area contributed by atoms with Gasteiger partial charge in [0.1, 0.15) is 5.76 Å². The van der Waals surface area contributed by atoms with Gasteiger partial charge in [-0.15, -0.1) is 11.8 Å². The number of anilines is 2. The van der Waals surface area contributed by atoms with Crippen LogP contribution in [-0.4, -0.2) is 16.8 Å². The molecule has 2 rings (SSSR count). The summed E-state index contributed by atoms with van der Waals surface area (Å²) in [6.07, 6.45) is 0. The van der Waals surface area contributed by atoms with Crippen LogP contribution in [0, 0.1) is 6.92 Å². The molecule has 0 aliphatic heterocycles. The van der Waals surface area contributed by atoms with Crippen LogP contribution in [0.5, 0.6) is 0 Å². The summed E-state index contributed by atoms with van der Waals surface area (Å²) in [7, 11) is 0. The summed E-state index contributed by atoms with van der Waals surface area (Å²) in [5.41, 5.74) is 6.39. The van der Waals surface area contributed by atoms with Crippen molar-refractivity contribution in [3.63, 3.8) is 0 Å². The summed E-state index contributed by atoms with van der Waals surface area (Å²) in [6.45, 7) is 1.75. The number of nitrogen functional groups attached to an aromatic ring is 1. The van der Waals surface area contributed by atoms with Crippen molar-refractivity contribution in [1.82, 2.24) is 5.16 Å². The van der Waals surface area contributed by atoms with Crippen molar-refractivity contribution in [1.29, 1.82) is 0 Å². The predicted molar refractivity (Wildman–Crippen MR) is 76.5 cm³/mol. The minimum absolute atomic E-state index is 0.183. The van der Waals surface area contributed by atoms with E-state index in [9.17, 15) is 4.79 Å². The first kappa shape index (κ1) is 13.8. The zero-order valence-electron chi connectivity index (χ0n) is 10.1. The maximum Gasteiger partial charge on any atom is 0.235 e. The molecular weight excluding hydrogens is 286 g/mol. The molecule has 7 heteroatoms. The molecule has 1 amide bonds. The van der Waals surface area contributed by atoms with Gasteiger partial charge < -0.3 is 15.6 Å². The van der Waals surface area contributed by atoms with Gasteiger partial charge in [-0.25, -0.2) is 0 Å². The van der Waals surface area contributed by atoms with E-state index < -0.39 is 0 Å². The van der Waals surface area contributed by atoms with Crippen molar-refractivity contribution in [2.75, 3.05) is 16.8 Å². The summed E-state index contributed by atoms with van der Waals surface area (Å²) in [5, 5.41) is 6.90. The Balaban J connectivity index is 1.91. The molecule has 0 unspecified atom stereocenters. The Hall–Kier alpha value is -1.66. The second-order valence-corrected chi connectivity index (χ2v) is 5.30. The highest BCUT2D eigenvalue weighted by Gasteiger charge is 2.08. The Bertz CT molecular complexity index is 600. The number of nitrogens with zero attached hydrogens (tertiary/aromatic N) is 1. The lowest BCUT2D eigenvalue weighted by molar-refractivity contribution is -0.113. The maximum atomic E-state index is 11.7. The monoisotopic (exact) mass is 297 g/mol. The van der Waals surface area contributed by atoms with E-state index in [1.165, 1.54) is 11.8 Å². The number of aryl methyl sites for hydroxylation is 1. The van der Waals surface area contributed by atoms with Crippen molar-refractivity contribution in [2.45, 2.75) is 11.8 Å². The topological polar surface area (TPSA) is 81.2 Å². The molecular formula is C12H12ClN3O2S. The molecule has 19 heavy (non-hydrogen) atoms. The number of carbonyl (C=O) groups excluding carboxylic acids is 1. The van der Waals surface area contributed by atoms with Gasteiger partial charge in [0.15, 0.2) is 5.82 Å². The van der Waals surface area contributed by atoms with Crippen LogP contribution in [-0.2, 0) is 4.79 Å². The van der Waals surface area contributed by atoms with Crippen LogP contribution in [0.3, 0.4) is 0 Å². The largest absolute Gasteiger partial charge is 0.398 e. The van der Waals surface area contributed by atoms with Crippen molar-refractivity contribution in [3.05, 3.63) is 35.0 Å². The van der Waals surface area contributed by atoms with E-state index in [0.717, 1.165) is 4.90 Å². The number of aromatic nitrogens is 1. The number of halogens is 1. The molecule has 0 bridgehead atoms. The number of nitrogens with one attached hydrogen (secondary N) is 1. The van der Waals surface area contributed by atoms with Gasteiger partial charge in [0.2, 0.25) is 5.91 Å². The Morgan fingerprint density at radius 2 is 2.32 bits per heavy atom. The maximum absolute atomic E-state index is 11.7. The molecule has 0 aliphatic rings. The second kappa shape index (κ2) is 5.99. The standard InChI is InChI=1S/C12H12ClN3O2S/c1-7-4-11(16-18-7)15-12(17)6-19-10-5-8(13)2-3-9(10)14/h2-5H,6,14H2,1H3,(H,15,16,17). The van der Waals surface area contributed by atoms with E-state index in [0.29, 0.717) is 22.3 Å². The van der Waals surface area contributed by atoms with Crippen LogP contribution >= 0.6 is 23.4 Å². The van der Waals surface area contributed by atoms with Crippen LogP contribution in [0.1, 0.15) is 5.76 Å². The van der Waals surface area contributed by atoms with Crippen molar-refractivity contribution in [2.24, 2.45) is 0 Å². The lowest BCUT2D eigenvalue weighted by Gasteiger charge is -2.05. The van der Waals surface area contributed by atoms with Gasteiger partial charge in [-0.05, 0) is 25.1 Å². The second-order valence-electron chi connectivity index (χ2n) is 3.84. The number of hydrogen-bond donors (Lipinski definition) is 2. The van der Waals surface area contributed by atoms with Gasteiger partial charge in [-0.2, -0.15) is 0 Å². The molecule has 1 aromatic heterocycles. The van der Waals surface area contributed by atoms with Crippen LogP contribution in [0.4, 0.5) is 11.5 Å². The summed E-state index contributed by atoms with van der Waals surface area (Å²) in [5.74, 6) is 1.08. The number of nitrogens with two attached hydrogens (primary N) is 1. The number of thioether (sulfide) groups is 1. The molecule has 0 saturated heterocycles. The molecule has 1 aromatic carbocycles. The average Bonchev–Trinajstić information content (AvgIpc) is 2.76. The Kier molecular flexibility index (Phi) is 4.34. The number of benzene rings is 1. The predicted octanol–water partition coefficient (Wildman–Crippen LogP) is 2.95. The minimum Gasteiger partial charge on any atom is -0.398 e. The van der Waals surface area contributed by atoms with Gasteiger partial charge in [-0.3, -0.25) is 4.79 Å². The van der Waals surface area contributed by atoms with E-state index in [2.05, 4.69) is 10.5 Å². The molecule has 0 fully saturated rings. The normalized spacial score (nSPS) is 10.4. The summed E-state index contributed by atoms with van der Waals surface area (Å²) in [4.78, 5) is 12.5. The number of rotatable bonds is 4. The Morgan fingerprint density at radius 1 is 1.53 bits per heavy atom. The molecule has 0 radical (unpaired) electrons. The van der Waals surface area contributed by atoms with Crippen molar-refractivity contribution >= 4 is 40.8 Å². The molecule has 0 saturated carbocycles. The summed E-state index contributed by atoms with van der Waals surface area (Å²) in [6, 6.07) is 6.80. The van der Waals surface area contributed by atoms with Crippen molar-refractivity contribution in [3.8, 4) is 0 Å². The first-order chi connectivity index (χ1) is 9.04. The van der Waals surface area contributed by atoms with E-state index in [-0.39, 0.29) is 11.7 Å². The highest BCUT2D eigenvalue weighted by molar-refractivity contribution is 8.00. The van der Waals surface area contributed by atoms with E-state index >= 15 is 0 Å². The van der Waals surface area contributed by atoms with E-state index in [4.69, 9.17) is 21.9 Å². The van der Waals surface area contributed by atoms with Crippen LogP contribution in [0.25, 0.3) is 0 Å². The fourth-order valence-electron chi connectivity index (χ4n) is 1.38. The highest BCUT2D eigenvalue weighted by atomic mass is 35.5. The lowest BCUT2D eigenvalue weighted by atomic mass is 10.3. The van der Waals surface area contributed by atoms with Crippen molar-refractivity contribution < 1.29 is 9.32 Å². The zero-order valence-corrected chi connectivity index (χ0v) is 11.7. The molecule has 100 valence electrons. The first-order valence-electron chi connectivity index (χ1n) is 5.45. The lowest BCUT2D eigenvalue weighted by Crippen LogP contribution is -2.14. The molecule has 1 heterocycles. The number of amides is 1. The van der Waals surface area contributed by atoms with Gasteiger partial charge >= 0.3 is 0 Å². The highest BCUT2D eigenvalue weighted by Crippen LogP contribution is 2.28. The van der Waals surface area contributed by atoms with Crippen LogP contribution < -0.4 is 11.1 Å². The average molecular weight is 298 g/mol. The van der Waals surface area contributed by atoms with Gasteiger partial charge in [0, 0.05) is 21.7 Å². The van der Waals surface area contributed by atoms with Crippen LogP contribution in [0.2, 0.25) is 5.02 Å². The smallest absolute Gasteiger partial charge is 0.235 e. The molecule has 0 aliphatic carbocycles. The van der Waals surface area contributed by atoms with Gasteiger partial charge in [0.05, 0.1) is 5.75 Å². The van der Waals surface area contributed by atoms with E-state index in [1.54, 1.807) is 31.2 Å². The minimum atomic E-state index is -0.183. The third-order valence-corrected chi connectivity index (χ3v) is 3.54. The number of hydrogen-bond acceptors (Lipinski definition) is 5. The Morgan fingerprint density at radius 3 is 3.00 bits per heavy atom. The molecule has 3 N–H and O–H groups in total. The summed E-state index contributed by atoms with van der Waals surface area (Å²) >= 11 is 7.19. The van der Waals surface area contributed by atoms with Gasteiger partial charge in [-0.1, -0.05) is 16.8 Å². The molecule has 0 atom stereocenters. The zero-order chi connectivity index (χ0) is 13.8. The third-order valence-electron chi connectivity index (χ3n) is 2.23. The molecule has 5 nitrogen and oxygen atoms in total. The quantitative estimate of drug-likeness (QED) is 0.670. The SMILES string of the molecule is Cc1cc(NC(=O)CSc2cc(Cl)ccc2N)no1. The molecule has 0 spiro atoms. The Labute approximate surface area is 119 Å². The van der Waals surface area contributed by atoms with Crippen LogP contribution in [0.15, 0.2) is 33.7 Å². The third kappa shape index (κ3) is 3.90. The fraction of sp³-hybridized carbons (Fsp3) is 0.167. The summed E-state index contributed by atoms with van der Waals surface area (Å²) < 4.78 is 4.85. The number of carbonyl (C=O) groups is 1. The first-order valence-corrected chi connectivity index (χ1v) is 6.82. The fourth-order valence-corrected chi connectivity index (χ4v) is 2.42. The molecule has 2 aromatic rings. The van der Waals surface area contributed by atoms with Gasteiger partial charge in [0.25, 0.3) is 0 Å². The van der Waals surface area contributed by atoms with E-state index in [1.807, 2.05) is 0 Å².